The van der Waals surface area contributed by atoms with Crippen molar-refractivity contribution >= 4 is 0 Å². The van der Waals surface area contributed by atoms with Crippen LogP contribution < -0.4 is 5.32 Å². The molecule has 1 nitrogen and oxygen atoms in total. The quantitative estimate of drug-likeness (QED) is 0.440. The SMILES string of the molecule is CCCCCCCCCCC(C)CCNCC. The van der Waals surface area contributed by atoms with Gasteiger partial charge < -0.3 is 5.32 Å². The normalized spacial score (nSPS) is 12.9. The van der Waals surface area contributed by atoms with Gasteiger partial charge in [0.15, 0.2) is 0 Å². The van der Waals surface area contributed by atoms with Crippen molar-refractivity contribution in [3.05, 3.63) is 0 Å². The van der Waals surface area contributed by atoms with Gasteiger partial charge in [0.25, 0.3) is 0 Å². The minimum Gasteiger partial charge on any atom is -0.317 e. The summed E-state index contributed by atoms with van der Waals surface area (Å²) in [5.74, 6) is 0.911. The largest absolute Gasteiger partial charge is 0.317 e. The van der Waals surface area contributed by atoms with Crippen LogP contribution >= 0.6 is 0 Å². The molecule has 0 spiro atoms. The smallest absolute Gasteiger partial charge is 0.00465 e. The fourth-order valence-corrected chi connectivity index (χ4v) is 2.30. The van der Waals surface area contributed by atoms with Crippen LogP contribution in [-0.2, 0) is 0 Å². The van der Waals surface area contributed by atoms with Crippen molar-refractivity contribution < 1.29 is 0 Å². The number of hydrogen-bond donors (Lipinski definition) is 1. The maximum Gasteiger partial charge on any atom is -0.00465 e. The average Bonchev–Trinajstić information content (AvgIpc) is 2.33. The highest BCUT2D eigenvalue weighted by Crippen LogP contribution is 2.14. The van der Waals surface area contributed by atoms with Crippen LogP contribution in [-0.4, -0.2) is 13.1 Å². The molecule has 0 amide bonds. The summed E-state index contributed by atoms with van der Waals surface area (Å²) in [6, 6.07) is 0. The molecular formula is C16H35N. The topological polar surface area (TPSA) is 12.0 Å². The Bertz CT molecular complexity index is 133. The van der Waals surface area contributed by atoms with E-state index in [0.717, 1.165) is 12.5 Å². The third-order valence-corrected chi connectivity index (χ3v) is 3.61. The van der Waals surface area contributed by atoms with E-state index in [2.05, 4.69) is 26.1 Å². The second kappa shape index (κ2) is 14.0. The molecule has 1 heteroatoms. The van der Waals surface area contributed by atoms with Crippen LogP contribution in [0.1, 0.15) is 85.0 Å². The van der Waals surface area contributed by atoms with Gasteiger partial charge in [-0.15, -0.1) is 0 Å². The Kier molecular flexibility index (Phi) is 14.0. The van der Waals surface area contributed by atoms with Crippen LogP contribution in [0.2, 0.25) is 0 Å². The summed E-state index contributed by atoms with van der Waals surface area (Å²) in [6.07, 6.45) is 14.3. The standard InChI is InChI=1S/C16H35N/c1-4-6-7-8-9-10-11-12-13-16(3)14-15-17-5-2/h16-17H,4-15H2,1-3H3. The minimum absolute atomic E-state index is 0.911. The van der Waals surface area contributed by atoms with E-state index in [-0.39, 0.29) is 0 Å². The van der Waals surface area contributed by atoms with Gasteiger partial charge in [0.05, 0.1) is 0 Å². The number of hydrogen-bond acceptors (Lipinski definition) is 1. The van der Waals surface area contributed by atoms with Crippen molar-refractivity contribution in [1.82, 2.24) is 5.32 Å². The molecule has 0 bridgehead atoms. The van der Waals surface area contributed by atoms with Gasteiger partial charge in [-0.25, -0.2) is 0 Å². The van der Waals surface area contributed by atoms with Crippen molar-refractivity contribution in [2.75, 3.05) is 13.1 Å². The first-order valence-corrected chi connectivity index (χ1v) is 8.02. The third kappa shape index (κ3) is 13.9. The molecule has 0 radical (unpaired) electrons. The molecule has 104 valence electrons. The molecule has 0 aromatic carbocycles. The molecule has 1 atom stereocenters. The van der Waals surface area contributed by atoms with Gasteiger partial charge in [-0.05, 0) is 25.4 Å². The van der Waals surface area contributed by atoms with Crippen LogP contribution in [0, 0.1) is 5.92 Å². The molecule has 0 saturated carbocycles. The summed E-state index contributed by atoms with van der Waals surface area (Å²) in [6.45, 7) is 9.19. The molecule has 0 saturated heterocycles. The summed E-state index contributed by atoms with van der Waals surface area (Å²) < 4.78 is 0. The van der Waals surface area contributed by atoms with E-state index in [9.17, 15) is 0 Å². The molecule has 1 unspecified atom stereocenters. The van der Waals surface area contributed by atoms with Gasteiger partial charge in [0.1, 0.15) is 0 Å². The maximum atomic E-state index is 3.41. The lowest BCUT2D eigenvalue weighted by Gasteiger charge is -2.11. The van der Waals surface area contributed by atoms with Gasteiger partial charge in [0.2, 0.25) is 0 Å². The average molecular weight is 241 g/mol. The van der Waals surface area contributed by atoms with E-state index in [1.807, 2.05) is 0 Å². The fraction of sp³-hybridized carbons (Fsp3) is 1.00. The number of nitrogens with one attached hydrogen (secondary N) is 1. The van der Waals surface area contributed by atoms with E-state index >= 15 is 0 Å². The first-order valence-electron chi connectivity index (χ1n) is 8.02. The van der Waals surface area contributed by atoms with E-state index in [4.69, 9.17) is 0 Å². The zero-order valence-corrected chi connectivity index (χ0v) is 12.6. The van der Waals surface area contributed by atoms with Crippen LogP contribution in [0.4, 0.5) is 0 Å². The Morgan fingerprint density at radius 3 is 1.94 bits per heavy atom. The van der Waals surface area contributed by atoms with Crippen molar-refractivity contribution in [3.63, 3.8) is 0 Å². The monoisotopic (exact) mass is 241 g/mol. The molecule has 0 aliphatic carbocycles. The Balaban J connectivity index is 3.05. The third-order valence-electron chi connectivity index (χ3n) is 3.61. The highest BCUT2D eigenvalue weighted by atomic mass is 14.8. The minimum atomic E-state index is 0.911. The highest BCUT2D eigenvalue weighted by molar-refractivity contribution is 4.56. The number of unbranched alkanes of at least 4 members (excludes halogenated alkanes) is 7. The predicted octanol–water partition coefficient (Wildman–Crippen LogP) is 5.15. The van der Waals surface area contributed by atoms with E-state index in [1.165, 1.54) is 70.8 Å². The fourth-order valence-electron chi connectivity index (χ4n) is 2.30. The highest BCUT2D eigenvalue weighted by Gasteiger charge is 2.01. The Hall–Kier alpha value is -0.0400. The summed E-state index contributed by atoms with van der Waals surface area (Å²) in [7, 11) is 0. The number of rotatable bonds is 13. The van der Waals surface area contributed by atoms with Gasteiger partial charge in [-0.1, -0.05) is 78.6 Å². The molecule has 0 rings (SSSR count). The summed E-state index contributed by atoms with van der Waals surface area (Å²) >= 11 is 0. The van der Waals surface area contributed by atoms with Gasteiger partial charge >= 0.3 is 0 Å². The molecule has 0 aromatic rings. The lowest BCUT2D eigenvalue weighted by molar-refractivity contribution is 0.443. The Morgan fingerprint density at radius 1 is 0.765 bits per heavy atom. The maximum absolute atomic E-state index is 3.41. The predicted molar refractivity (Wildman–Crippen MR) is 79.6 cm³/mol. The van der Waals surface area contributed by atoms with Crippen molar-refractivity contribution in [3.8, 4) is 0 Å². The van der Waals surface area contributed by atoms with Crippen molar-refractivity contribution in [2.24, 2.45) is 5.92 Å². The zero-order chi connectivity index (χ0) is 12.8. The summed E-state index contributed by atoms with van der Waals surface area (Å²) in [4.78, 5) is 0. The molecule has 0 fully saturated rings. The molecular weight excluding hydrogens is 206 g/mol. The summed E-state index contributed by atoms with van der Waals surface area (Å²) in [5.41, 5.74) is 0. The molecule has 0 aliphatic rings. The van der Waals surface area contributed by atoms with Crippen molar-refractivity contribution in [1.29, 1.82) is 0 Å². The van der Waals surface area contributed by atoms with Crippen LogP contribution in [0.25, 0.3) is 0 Å². The first kappa shape index (κ1) is 17.0. The second-order valence-electron chi connectivity index (χ2n) is 5.51. The second-order valence-corrected chi connectivity index (χ2v) is 5.51. The van der Waals surface area contributed by atoms with Gasteiger partial charge in [-0.2, -0.15) is 0 Å². The molecule has 0 aromatic heterocycles. The van der Waals surface area contributed by atoms with Crippen molar-refractivity contribution in [2.45, 2.75) is 85.0 Å². The molecule has 0 heterocycles. The van der Waals surface area contributed by atoms with E-state index in [0.29, 0.717) is 0 Å². The van der Waals surface area contributed by atoms with E-state index in [1.54, 1.807) is 0 Å². The van der Waals surface area contributed by atoms with Crippen LogP contribution in [0.3, 0.4) is 0 Å². The van der Waals surface area contributed by atoms with Crippen LogP contribution in [0.15, 0.2) is 0 Å². The van der Waals surface area contributed by atoms with Crippen LogP contribution in [0.5, 0.6) is 0 Å². The Labute approximate surface area is 110 Å². The van der Waals surface area contributed by atoms with Gasteiger partial charge in [0, 0.05) is 0 Å². The van der Waals surface area contributed by atoms with E-state index < -0.39 is 0 Å². The lowest BCUT2D eigenvalue weighted by atomic mass is 9.99. The lowest BCUT2D eigenvalue weighted by Crippen LogP contribution is -2.16. The molecule has 1 N–H and O–H groups in total. The van der Waals surface area contributed by atoms with Gasteiger partial charge in [-0.3, -0.25) is 0 Å². The Morgan fingerprint density at radius 2 is 1.35 bits per heavy atom. The zero-order valence-electron chi connectivity index (χ0n) is 12.6. The molecule has 0 aliphatic heterocycles. The first-order chi connectivity index (χ1) is 8.31. The molecule has 17 heavy (non-hydrogen) atoms. The summed E-state index contributed by atoms with van der Waals surface area (Å²) in [5, 5.41) is 3.41.